The van der Waals surface area contributed by atoms with Gasteiger partial charge in [-0.2, -0.15) is 11.8 Å². The molecule has 2 nitrogen and oxygen atoms in total. The summed E-state index contributed by atoms with van der Waals surface area (Å²) in [6, 6.07) is 0.649. The van der Waals surface area contributed by atoms with Crippen molar-refractivity contribution in [1.82, 2.24) is 5.32 Å². The van der Waals surface area contributed by atoms with E-state index in [0.29, 0.717) is 6.04 Å². The van der Waals surface area contributed by atoms with Crippen LogP contribution in [0.3, 0.4) is 0 Å². The molecule has 0 aliphatic rings. The summed E-state index contributed by atoms with van der Waals surface area (Å²) in [6.45, 7) is 6.40. The Morgan fingerprint density at radius 3 is 2.85 bits per heavy atom. The van der Waals surface area contributed by atoms with Crippen LogP contribution in [0.15, 0.2) is 0 Å². The van der Waals surface area contributed by atoms with Gasteiger partial charge in [-0.25, -0.2) is 0 Å². The van der Waals surface area contributed by atoms with Gasteiger partial charge in [0.2, 0.25) is 0 Å². The average molecular weight is 205 g/mol. The van der Waals surface area contributed by atoms with Crippen molar-refractivity contribution >= 4 is 11.8 Å². The topological polar surface area (TPSA) is 21.3 Å². The lowest BCUT2D eigenvalue weighted by atomic mass is 10.2. The van der Waals surface area contributed by atoms with Crippen molar-refractivity contribution in [3.05, 3.63) is 0 Å². The molecule has 80 valence electrons. The van der Waals surface area contributed by atoms with Gasteiger partial charge in [0.1, 0.15) is 0 Å². The van der Waals surface area contributed by atoms with Crippen LogP contribution in [0.25, 0.3) is 0 Å². The van der Waals surface area contributed by atoms with Gasteiger partial charge in [0.15, 0.2) is 0 Å². The van der Waals surface area contributed by atoms with Crippen molar-refractivity contribution in [2.45, 2.75) is 32.7 Å². The van der Waals surface area contributed by atoms with Gasteiger partial charge >= 0.3 is 0 Å². The lowest BCUT2D eigenvalue weighted by Crippen LogP contribution is -2.28. The van der Waals surface area contributed by atoms with Gasteiger partial charge in [-0.3, -0.25) is 0 Å². The van der Waals surface area contributed by atoms with Crippen molar-refractivity contribution in [2.24, 2.45) is 0 Å². The first kappa shape index (κ1) is 13.3. The van der Waals surface area contributed by atoms with Gasteiger partial charge in [-0.1, -0.05) is 6.92 Å². The third-order valence-electron chi connectivity index (χ3n) is 1.92. The smallest absolute Gasteiger partial charge is 0.0474 e. The van der Waals surface area contributed by atoms with Crippen LogP contribution in [0.5, 0.6) is 0 Å². The molecule has 0 fully saturated rings. The Morgan fingerprint density at radius 1 is 1.46 bits per heavy atom. The fraction of sp³-hybridized carbons (Fsp3) is 1.00. The molecular formula is C10H23NOS. The second-order valence-corrected chi connectivity index (χ2v) is 4.58. The maximum absolute atomic E-state index is 4.98. The molecule has 0 spiro atoms. The van der Waals surface area contributed by atoms with Crippen molar-refractivity contribution < 1.29 is 4.74 Å². The molecule has 0 radical (unpaired) electrons. The number of hydrogen-bond acceptors (Lipinski definition) is 3. The molecule has 0 rings (SSSR count). The fourth-order valence-electron chi connectivity index (χ4n) is 1.07. The minimum Gasteiger partial charge on any atom is -0.385 e. The molecule has 3 heteroatoms. The summed E-state index contributed by atoms with van der Waals surface area (Å²) in [4.78, 5) is 0. The Morgan fingerprint density at radius 2 is 2.23 bits per heavy atom. The zero-order chi connectivity index (χ0) is 9.94. The Labute approximate surface area is 86.8 Å². The van der Waals surface area contributed by atoms with E-state index in [1.54, 1.807) is 7.11 Å². The van der Waals surface area contributed by atoms with Crippen molar-refractivity contribution in [2.75, 3.05) is 31.8 Å². The van der Waals surface area contributed by atoms with Crippen LogP contribution in [0, 0.1) is 0 Å². The first-order valence-corrected chi connectivity index (χ1v) is 6.26. The predicted octanol–water partition coefficient (Wildman–Crippen LogP) is 2.14. The molecule has 0 heterocycles. The van der Waals surface area contributed by atoms with Crippen LogP contribution in [-0.2, 0) is 4.74 Å². The number of hydrogen-bond donors (Lipinski definition) is 1. The monoisotopic (exact) mass is 205 g/mol. The molecule has 0 aliphatic carbocycles. The van der Waals surface area contributed by atoms with Crippen LogP contribution in [0.2, 0.25) is 0 Å². The third-order valence-corrected chi connectivity index (χ3v) is 2.85. The van der Waals surface area contributed by atoms with E-state index in [1.807, 2.05) is 11.8 Å². The molecule has 0 saturated carbocycles. The summed E-state index contributed by atoms with van der Waals surface area (Å²) in [6.07, 6.45) is 2.38. The Bertz CT molecular complexity index is 101. The Kier molecular flexibility index (Phi) is 10.6. The second kappa shape index (κ2) is 10.4. The van der Waals surface area contributed by atoms with Gasteiger partial charge in [-0.05, 0) is 37.8 Å². The van der Waals surface area contributed by atoms with E-state index in [2.05, 4.69) is 19.2 Å². The normalized spacial score (nSPS) is 13.2. The van der Waals surface area contributed by atoms with E-state index in [-0.39, 0.29) is 0 Å². The van der Waals surface area contributed by atoms with E-state index >= 15 is 0 Å². The van der Waals surface area contributed by atoms with Crippen molar-refractivity contribution in [3.63, 3.8) is 0 Å². The number of rotatable bonds is 9. The summed E-state index contributed by atoms with van der Waals surface area (Å²) in [7, 11) is 1.75. The second-order valence-electron chi connectivity index (χ2n) is 3.19. The molecule has 0 aromatic heterocycles. The lowest BCUT2D eigenvalue weighted by molar-refractivity contribution is 0.193. The number of nitrogens with one attached hydrogen (secondary N) is 1. The molecule has 13 heavy (non-hydrogen) atoms. The SMILES string of the molecule is CCSCCC(C)NCCCOC. The Hall–Kier alpha value is 0.270. The van der Waals surface area contributed by atoms with Crippen LogP contribution in [0.1, 0.15) is 26.7 Å². The lowest BCUT2D eigenvalue weighted by Gasteiger charge is -2.12. The minimum atomic E-state index is 0.649. The quantitative estimate of drug-likeness (QED) is 0.583. The van der Waals surface area contributed by atoms with Gasteiger partial charge in [0.05, 0.1) is 0 Å². The van der Waals surface area contributed by atoms with Crippen molar-refractivity contribution in [3.8, 4) is 0 Å². The Balaban J connectivity index is 3.05. The van der Waals surface area contributed by atoms with E-state index in [9.17, 15) is 0 Å². The number of methoxy groups -OCH3 is 1. The standard InChI is InChI=1S/C10H23NOS/c1-4-13-9-6-10(2)11-7-5-8-12-3/h10-11H,4-9H2,1-3H3. The highest BCUT2D eigenvalue weighted by Crippen LogP contribution is 2.03. The van der Waals surface area contributed by atoms with Gasteiger partial charge in [0, 0.05) is 19.8 Å². The van der Waals surface area contributed by atoms with Gasteiger partial charge in [0.25, 0.3) is 0 Å². The van der Waals surface area contributed by atoms with Gasteiger partial charge < -0.3 is 10.1 Å². The first-order valence-electron chi connectivity index (χ1n) is 5.11. The van der Waals surface area contributed by atoms with Crippen molar-refractivity contribution in [1.29, 1.82) is 0 Å². The van der Waals surface area contributed by atoms with Crippen LogP contribution >= 0.6 is 11.8 Å². The van der Waals surface area contributed by atoms with E-state index < -0.39 is 0 Å². The maximum atomic E-state index is 4.98. The fourth-order valence-corrected chi connectivity index (χ4v) is 1.88. The first-order chi connectivity index (χ1) is 6.31. The molecule has 1 atom stereocenters. The van der Waals surface area contributed by atoms with E-state index in [4.69, 9.17) is 4.74 Å². The summed E-state index contributed by atoms with van der Waals surface area (Å²) < 4.78 is 4.98. The molecular weight excluding hydrogens is 182 g/mol. The highest BCUT2D eigenvalue weighted by Gasteiger charge is 1.99. The highest BCUT2D eigenvalue weighted by atomic mass is 32.2. The molecule has 1 N–H and O–H groups in total. The summed E-state index contributed by atoms with van der Waals surface area (Å²) >= 11 is 2.02. The largest absolute Gasteiger partial charge is 0.385 e. The van der Waals surface area contributed by atoms with E-state index in [1.165, 1.54) is 17.9 Å². The zero-order valence-corrected chi connectivity index (χ0v) is 9.95. The zero-order valence-electron chi connectivity index (χ0n) is 9.14. The molecule has 1 unspecified atom stereocenters. The molecule has 0 aliphatic heterocycles. The minimum absolute atomic E-state index is 0.649. The molecule has 0 bridgehead atoms. The molecule has 0 amide bonds. The maximum Gasteiger partial charge on any atom is 0.0474 e. The molecule has 0 aromatic carbocycles. The average Bonchev–Trinajstić information content (AvgIpc) is 2.13. The summed E-state index contributed by atoms with van der Waals surface area (Å²) in [5, 5.41) is 3.48. The van der Waals surface area contributed by atoms with E-state index in [0.717, 1.165) is 19.6 Å². The number of thioether (sulfide) groups is 1. The van der Waals surface area contributed by atoms with Crippen LogP contribution in [-0.4, -0.2) is 37.8 Å². The predicted molar refractivity (Wildman–Crippen MR) is 61.6 cm³/mol. The highest BCUT2D eigenvalue weighted by molar-refractivity contribution is 7.99. The summed E-state index contributed by atoms with van der Waals surface area (Å²) in [5.41, 5.74) is 0. The number of ether oxygens (including phenoxy) is 1. The van der Waals surface area contributed by atoms with Crippen LogP contribution in [0.4, 0.5) is 0 Å². The third kappa shape index (κ3) is 10.2. The van der Waals surface area contributed by atoms with Crippen LogP contribution < -0.4 is 5.32 Å². The molecule has 0 saturated heterocycles. The van der Waals surface area contributed by atoms with Gasteiger partial charge in [-0.15, -0.1) is 0 Å². The molecule has 0 aromatic rings. The summed E-state index contributed by atoms with van der Waals surface area (Å²) in [5.74, 6) is 2.51.